The number of carbonyl (C=O) groups is 2. The van der Waals surface area contributed by atoms with Crippen molar-refractivity contribution in [2.45, 2.75) is 19.4 Å². The quantitative estimate of drug-likeness (QED) is 0.714. The minimum Gasteiger partial charge on any atom is -0.465 e. The van der Waals surface area contributed by atoms with E-state index < -0.39 is 6.09 Å². The molecule has 0 atom stereocenters. The molecular formula is C20H25ClN4O4. The van der Waals surface area contributed by atoms with E-state index in [9.17, 15) is 14.7 Å². The molecule has 0 radical (unpaired) electrons. The third-order valence-corrected chi connectivity index (χ3v) is 5.36. The highest BCUT2D eigenvalue weighted by Crippen LogP contribution is 2.24. The molecule has 2 amide bonds. The average Bonchev–Trinajstić information content (AvgIpc) is 3.17. The van der Waals surface area contributed by atoms with Crippen LogP contribution in [-0.4, -0.2) is 65.1 Å². The Bertz CT molecular complexity index is 831. The first-order valence-electron chi connectivity index (χ1n) is 9.56. The Kier molecular flexibility index (Phi) is 7.11. The summed E-state index contributed by atoms with van der Waals surface area (Å²) in [4.78, 5) is 30.7. The molecule has 9 heteroatoms. The summed E-state index contributed by atoms with van der Waals surface area (Å²) >= 11 is 5.92. The number of nitrogens with zero attached hydrogens (tertiary/aromatic N) is 3. The number of hydrogen-bond donors (Lipinski definition) is 2. The van der Waals surface area contributed by atoms with Crippen LogP contribution in [0.5, 0.6) is 0 Å². The first-order chi connectivity index (χ1) is 13.9. The van der Waals surface area contributed by atoms with Crippen LogP contribution in [0.1, 0.15) is 18.7 Å². The molecular weight excluding hydrogens is 396 g/mol. The van der Waals surface area contributed by atoms with Gasteiger partial charge >= 0.3 is 6.09 Å². The van der Waals surface area contributed by atoms with E-state index in [0.29, 0.717) is 29.8 Å². The summed E-state index contributed by atoms with van der Waals surface area (Å²) in [5, 5.41) is 12.5. The van der Waals surface area contributed by atoms with E-state index in [2.05, 4.69) is 15.2 Å². The molecule has 1 fully saturated rings. The largest absolute Gasteiger partial charge is 0.465 e. The highest BCUT2D eigenvalue weighted by atomic mass is 35.5. The molecule has 0 spiro atoms. The van der Waals surface area contributed by atoms with Crippen molar-refractivity contribution in [3.05, 3.63) is 41.4 Å². The maximum absolute atomic E-state index is 11.5. The van der Waals surface area contributed by atoms with E-state index in [1.54, 1.807) is 6.20 Å². The maximum Gasteiger partial charge on any atom is 0.407 e. The van der Waals surface area contributed by atoms with Crippen molar-refractivity contribution in [2.24, 2.45) is 5.92 Å². The highest BCUT2D eigenvalue weighted by molar-refractivity contribution is 6.30. The zero-order valence-electron chi connectivity index (χ0n) is 16.3. The number of nitrogens with one attached hydrogen (secondary N) is 1. The average molecular weight is 421 g/mol. The monoisotopic (exact) mass is 420 g/mol. The lowest BCUT2D eigenvalue weighted by molar-refractivity contribution is -0.121. The lowest BCUT2D eigenvalue weighted by Gasteiger charge is -2.33. The molecule has 1 aromatic carbocycles. The summed E-state index contributed by atoms with van der Waals surface area (Å²) < 4.78 is 5.87. The second-order valence-electron chi connectivity index (χ2n) is 7.18. The van der Waals surface area contributed by atoms with Gasteiger partial charge in [-0.1, -0.05) is 11.6 Å². The van der Waals surface area contributed by atoms with Crippen LogP contribution in [0.25, 0.3) is 11.3 Å². The molecule has 29 heavy (non-hydrogen) atoms. The molecule has 0 aliphatic carbocycles. The Hall–Kier alpha value is -2.58. The summed E-state index contributed by atoms with van der Waals surface area (Å²) in [6.45, 7) is 2.51. The summed E-state index contributed by atoms with van der Waals surface area (Å²) in [7, 11) is 1.50. The molecule has 2 N–H and O–H groups in total. The molecule has 1 aliphatic rings. The molecule has 8 nitrogen and oxygen atoms in total. The minimum absolute atomic E-state index is 0.129. The number of rotatable bonds is 7. The van der Waals surface area contributed by atoms with Gasteiger partial charge in [-0.15, -0.1) is 0 Å². The summed E-state index contributed by atoms with van der Waals surface area (Å²) in [6, 6.07) is 7.42. The molecule has 1 aliphatic heterocycles. The molecule has 1 saturated heterocycles. The number of carboxylic acid groups (broad SMARTS) is 1. The standard InChI is InChI=1S/C20H25ClN4O4/c1-22-18(26)12-25(20(27)28)11-14-6-8-24(9-7-14)13-19-23-10-17(29-19)15-2-4-16(21)5-3-15/h2-5,10,14H,6-9,11-13H2,1H3,(H,22,26)(H,27,28). The normalized spacial score (nSPS) is 15.2. The second-order valence-corrected chi connectivity index (χ2v) is 7.62. The zero-order valence-corrected chi connectivity index (χ0v) is 17.1. The van der Waals surface area contributed by atoms with Gasteiger partial charge in [0.2, 0.25) is 11.8 Å². The molecule has 0 unspecified atom stereocenters. The number of piperidine rings is 1. The number of carbonyl (C=O) groups excluding carboxylic acids is 1. The Morgan fingerprint density at radius 3 is 2.62 bits per heavy atom. The third-order valence-electron chi connectivity index (χ3n) is 5.11. The summed E-state index contributed by atoms with van der Waals surface area (Å²) in [5.41, 5.74) is 0.928. The number of likely N-dealkylation sites (tertiary alicyclic amines) is 1. The first kappa shape index (κ1) is 21.1. The topological polar surface area (TPSA) is 98.9 Å². The van der Waals surface area contributed by atoms with Crippen LogP contribution in [0.15, 0.2) is 34.9 Å². The van der Waals surface area contributed by atoms with Crippen molar-refractivity contribution in [3.63, 3.8) is 0 Å². The predicted molar refractivity (Wildman–Crippen MR) is 109 cm³/mol. The van der Waals surface area contributed by atoms with Gasteiger partial charge in [0.1, 0.15) is 6.54 Å². The zero-order chi connectivity index (χ0) is 20.8. The van der Waals surface area contributed by atoms with Gasteiger partial charge in [0.05, 0.1) is 12.7 Å². The SMILES string of the molecule is CNC(=O)CN(CC1CCN(Cc2ncc(-c3ccc(Cl)cc3)o2)CC1)C(=O)O. The van der Waals surface area contributed by atoms with Crippen molar-refractivity contribution in [1.29, 1.82) is 0 Å². The third kappa shape index (κ3) is 5.95. The maximum atomic E-state index is 11.5. The van der Waals surface area contributed by atoms with Gasteiger partial charge < -0.3 is 14.8 Å². The van der Waals surface area contributed by atoms with Gasteiger partial charge in [0.15, 0.2) is 5.76 Å². The number of aromatic nitrogens is 1. The van der Waals surface area contributed by atoms with Crippen LogP contribution in [0.3, 0.4) is 0 Å². The lowest BCUT2D eigenvalue weighted by atomic mass is 9.96. The Balaban J connectivity index is 1.49. The molecule has 2 heterocycles. The van der Waals surface area contributed by atoms with Crippen LogP contribution in [0.4, 0.5) is 4.79 Å². The first-order valence-corrected chi connectivity index (χ1v) is 9.94. The fourth-order valence-corrected chi connectivity index (χ4v) is 3.55. The van der Waals surface area contributed by atoms with Crippen molar-refractivity contribution >= 4 is 23.6 Å². The number of amides is 2. The summed E-state index contributed by atoms with van der Waals surface area (Å²) in [6.07, 6.45) is 2.38. The fourth-order valence-electron chi connectivity index (χ4n) is 3.42. The van der Waals surface area contributed by atoms with Crippen molar-refractivity contribution in [2.75, 3.05) is 33.2 Å². The Labute approximate surface area is 174 Å². The van der Waals surface area contributed by atoms with Gasteiger partial charge in [0, 0.05) is 24.2 Å². The van der Waals surface area contributed by atoms with Crippen LogP contribution < -0.4 is 5.32 Å². The smallest absolute Gasteiger partial charge is 0.407 e. The van der Waals surface area contributed by atoms with Crippen LogP contribution in [-0.2, 0) is 11.3 Å². The number of benzene rings is 1. The van der Waals surface area contributed by atoms with Crippen LogP contribution in [0, 0.1) is 5.92 Å². The molecule has 3 rings (SSSR count). The van der Waals surface area contributed by atoms with Crippen molar-refractivity contribution in [3.8, 4) is 11.3 Å². The molecule has 1 aromatic heterocycles. The Morgan fingerprint density at radius 1 is 1.31 bits per heavy atom. The molecule has 0 bridgehead atoms. The highest BCUT2D eigenvalue weighted by Gasteiger charge is 2.25. The van der Waals surface area contributed by atoms with Crippen LogP contribution in [0.2, 0.25) is 5.02 Å². The van der Waals surface area contributed by atoms with E-state index in [1.807, 2.05) is 24.3 Å². The van der Waals surface area contributed by atoms with Crippen molar-refractivity contribution < 1.29 is 19.1 Å². The molecule has 156 valence electrons. The van der Waals surface area contributed by atoms with E-state index in [1.165, 1.54) is 11.9 Å². The molecule has 2 aromatic rings. The van der Waals surface area contributed by atoms with Crippen molar-refractivity contribution in [1.82, 2.24) is 20.1 Å². The minimum atomic E-state index is -1.06. The van der Waals surface area contributed by atoms with Gasteiger partial charge in [0.25, 0.3) is 0 Å². The van der Waals surface area contributed by atoms with Gasteiger partial charge in [-0.25, -0.2) is 9.78 Å². The molecule has 0 saturated carbocycles. The lowest BCUT2D eigenvalue weighted by Crippen LogP contribution is -2.44. The fraction of sp³-hybridized carbons (Fsp3) is 0.450. The number of oxazole rings is 1. The van der Waals surface area contributed by atoms with E-state index in [4.69, 9.17) is 16.0 Å². The second kappa shape index (κ2) is 9.76. The van der Waals surface area contributed by atoms with Gasteiger partial charge in [-0.05, 0) is 56.1 Å². The van der Waals surface area contributed by atoms with E-state index in [0.717, 1.165) is 31.5 Å². The number of halogens is 1. The van der Waals surface area contributed by atoms with Crippen LogP contribution >= 0.6 is 11.6 Å². The number of likely N-dealkylation sites (N-methyl/N-ethyl adjacent to an activating group) is 1. The van der Waals surface area contributed by atoms with E-state index >= 15 is 0 Å². The van der Waals surface area contributed by atoms with Gasteiger partial charge in [-0.3, -0.25) is 14.6 Å². The predicted octanol–water partition coefficient (Wildman–Crippen LogP) is 2.93. The van der Waals surface area contributed by atoms with Gasteiger partial charge in [-0.2, -0.15) is 0 Å². The summed E-state index contributed by atoms with van der Waals surface area (Å²) in [5.74, 6) is 1.30. The number of hydrogen-bond acceptors (Lipinski definition) is 5. The van der Waals surface area contributed by atoms with E-state index in [-0.39, 0.29) is 18.4 Å². The Morgan fingerprint density at radius 2 is 2.00 bits per heavy atom.